The van der Waals surface area contributed by atoms with E-state index in [1.54, 1.807) is 0 Å². The van der Waals surface area contributed by atoms with Crippen molar-refractivity contribution in [2.45, 2.75) is 13.3 Å². The van der Waals surface area contributed by atoms with Gasteiger partial charge in [-0.05, 0) is 0 Å². The first-order valence-corrected chi connectivity index (χ1v) is 4.04. The van der Waals surface area contributed by atoms with E-state index in [1.165, 1.54) is 6.92 Å². The van der Waals surface area contributed by atoms with Crippen LogP contribution in [0.5, 0.6) is 0 Å². The van der Waals surface area contributed by atoms with Crippen molar-refractivity contribution in [3.63, 3.8) is 0 Å². The first-order valence-electron chi connectivity index (χ1n) is 2.92. The summed E-state index contributed by atoms with van der Waals surface area (Å²) >= 11 is 3.15. The molecule has 0 spiro atoms. The highest BCUT2D eigenvalue weighted by Gasteiger charge is 1.87. The van der Waals surface area contributed by atoms with Crippen LogP contribution >= 0.6 is 15.9 Å². The molecule has 0 fully saturated rings. The fourth-order valence-corrected chi connectivity index (χ4v) is 0.580. The van der Waals surface area contributed by atoms with Crippen LogP contribution in [0.2, 0.25) is 0 Å². The van der Waals surface area contributed by atoms with Crippen molar-refractivity contribution in [2.24, 2.45) is 0 Å². The van der Waals surface area contributed by atoms with Gasteiger partial charge in [0.05, 0.1) is 5.33 Å². The number of rotatable bonds is 2. The Balaban J connectivity index is 3.13. The van der Waals surface area contributed by atoms with Gasteiger partial charge in [0.1, 0.15) is 6.61 Å². The summed E-state index contributed by atoms with van der Waals surface area (Å²) < 4.78 is 4.63. The van der Waals surface area contributed by atoms with Crippen LogP contribution in [0.25, 0.3) is 0 Å². The molecule has 56 valence electrons. The van der Waals surface area contributed by atoms with Gasteiger partial charge in [0.25, 0.3) is 0 Å². The molecule has 0 aromatic rings. The van der Waals surface area contributed by atoms with E-state index in [9.17, 15) is 4.79 Å². The van der Waals surface area contributed by atoms with E-state index in [0.717, 1.165) is 0 Å². The Labute approximate surface area is 69.1 Å². The fourth-order valence-electron chi connectivity index (χ4n) is 0.381. The third kappa shape index (κ3) is 7.51. The molecule has 10 heavy (non-hydrogen) atoms. The molecule has 0 aliphatic carbocycles. The monoisotopic (exact) mass is 204 g/mol. The summed E-state index contributed by atoms with van der Waals surface area (Å²) in [6.07, 6.45) is 0.616. The van der Waals surface area contributed by atoms with Crippen molar-refractivity contribution in [2.75, 3.05) is 11.9 Å². The maximum Gasteiger partial charge on any atom is 0.302 e. The van der Waals surface area contributed by atoms with Crippen LogP contribution in [0.1, 0.15) is 13.3 Å². The van der Waals surface area contributed by atoms with Crippen LogP contribution in [0.15, 0.2) is 0 Å². The number of esters is 1. The Hall–Kier alpha value is -0.490. The summed E-state index contributed by atoms with van der Waals surface area (Å²) in [5.74, 6) is 5.36. The van der Waals surface area contributed by atoms with E-state index < -0.39 is 0 Å². The second-order valence-corrected chi connectivity index (χ2v) is 2.14. The van der Waals surface area contributed by atoms with Gasteiger partial charge in [-0.15, -0.1) is 0 Å². The molecule has 0 aromatic carbocycles. The van der Waals surface area contributed by atoms with Crippen LogP contribution in [-0.4, -0.2) is 17.9 Å². The molecule has 0 saturated carbocycles. The highest BCUT2D eigenvalue weighted by Crippen LogP contribution is 1.81. The predicted molar refractivity (Wildman–Crippen MR) is 42.8 cm³/mol. The summed E-state index contributed by atoms with van der Waals surface area (Å²) in [6.45, 7) is 1.78. The lowest BCUT2D eigenvalue weighted by molar-refractivity contribution is -0.140. The molecule has 0 unspecified atom stereocenters. The molecule has 0 aromatic heterocycles. The standard InChI is InChI=1S/C7H9BrO2/c1-7(9)10-6-4-2-3-5-8/h4-6H2,1H3. The Morgan fingerprint density at radius 3 is 2.80 bits per heavy atom. The Morgan fingerprint density at radius 2 is 2.30 bits per heavy atom. The average molecular weight is 205 g/mol. The molecular weight excluding hydrogens is 196 g/mol. The summed E-state index contributed by atoms with van der Waals surface area (Å²) in [4.78, 5) is 10.2. The summed E-state index contributed by atoms with van der Waals surface area (Å²) in [7, 11) is 0. The molecule has 0 rings (SSSR count). The number of halogens is 1. The third-order valence-electron chi connectivity index (χ3n) is 0.724. The van der Waals surface area contributed by atoms with E-state index in [-0.39, 0.29) is 5.97 Å². The fraction of sp³-hybridized carbons (Fsp3) is 0.571. The van der Waals surface area contributed by atoms with Gasteiger partial charge in [-0.2, -0.15) is 0 Å². The van der Waals surface area contributed by atoms with Crippen LogP contribution < -0.4 is 0 Å². The number of carbonyl (C=O) groups excluding carboxylic acids is 1. The molecule has 0 amide bonds. The molecule has 2 nitrogen and oxygen atoms in total. The van der Waals surface area contributed by atoms with Gasteiger partial charge in [-0.1, -0.05) is 27.8 Å². The minimum Gasteiger partial charge on any atom is -0.465 e. The maximum atomic E-state index is 10.2. The van der Waals surface area contributed by atoms with E-state index >= 15 is 0 Å². The maximum absolute atomic E-state index is 10.2. The number of carbonyl (C=O) groups is 1. The van der Waals surface area contributed by atoms with Gasteiger partial charge in [0, 0.05) is 13.3 Å². The highest BCUT2D eigenvalue weighted by molar-refractivity contribution is 9.09. The van der Waals surface area contributed by atoms with Crippen molar-refractivity contribution in [3.05, 3.63) is 0 Å². The van der Waals surface area contributed by atoms with E-state index in [4.69, 9.17) is 0 Å². The van der Waals surface area contributed by atoms with Crippen molar-refractivity contribution in [1.29, 1.82) is 0 Å². The molecule has 0 bridgehead atoms. The molecule has 0 N–H and O–H groups in total. The van der Waals surface area contributed by atoms with Gasteiger partial charge < -0.3 is 4.74 Å². The highest BCUT2D eigenvalue weighted by atomic mass is 79.9. The zero-order valence-electron chi connectivity index (χ0n) is 5.82. The van der Waals surface area contributed by atoms with Crippen molar-refractivity contribution in [1.82, 2.24) is 0 Å². The third-order valence-corrected chi connectivity index (χ3v) is 1.00. The molecule has 3 heteroatoms. The average Bonchev–Trinajstić information content (AvgIpc) is 1.87. The normalized spacial score (nSPS) is 7.80. The molecule has 0 saturated heterocycles. The van der Waals surface area contributed by atoms with Crippen molar-refractivity contribution >= 4 is 21.9 Å². The number of alkyl halides is 1. The quantitative estimate of drug-likeness (QED) is 0.294. The minimum atomic E-state index is -0.249. The Morgan fingerprint density at radius 1 is 1.60 bits per heavy atom. The molecule has 0 radical (unpaired) electrons. The lowest BCUT2D eigenvalue weighted by Crippen LogP contribution is -1.98. The topological polar surface area (TPSA) is 26.3 Å². The first kappa shape index (κ1) is 9.51. The van der Waals surface area contributed by atoms with E-state index in [1.807, 2.05) is 0 Å². The molecule has 0 aliphatic rings. The largest absolute Gasteiger partial charge is 0.465 e. The minimum absolute atomic E-state index is 0.249. The second kappa shape index (κ2) is 6.63. The van der Waals surface area contributed by atoms with Gasteiger partial charge in [-0.25, -0.2) is 0 Å². The first-order chi connectivity index (χ1) is 4.77. The number of hydrogen-bond donors (Lipinski definition) is 0. The molecular formula is C7H9BrO2. The lowest BCUT2D eigenvalue weighted by atomic mass is 10.4. The van der Waals surface area contributed by atoms with Gasteiger partial charge in [-0.3, -0.25) is 4.79 Å². The smallest absolute Gasteiger partial charge is 0.302 e. The van der Waals surface area contributed by atoms with Crippen LogP contribution in [0, 0.1) is 11.8 Å². The zero-order valence-corrected chi connectivity index (χ0v) is 7.40. The zero-order chi connectivity index (χ0) is 7.82. The van der Waals surface area contributed by atoms with Crippen LogP contribution in [0.4, 0.5) is 0 Å². The number of ether oxygens (including phenoxy) is 1. The van der Waals surface area contributed by atoms with Crippen LogP contribution in [-0.2, 0) is 9.53 Å². The number of hydrogen-bond acceptors (Lipinski definition) is 2. The molecule has 0 heterocycles. The molecule has 0 atom stereocenters. The SMILES string of the molecule is CC(=O)OCCC#CCBr. The second-order valence-electron chi connectivity index (χ2n) is 1.58. The summed E-state index contributed by atoms with van der Waals surface area (Å²) in [6, 6.07) is 0. The summed E-state index contributed by atoms with van der Waals surface area (Å²) in [5.41, 5.74) is 0. The van der Waals surface area contributed by atoms with Gasteiger partial charge in [0.15, 0.2) is 0 Å². The summed E-state index contributed by atoms with van der Waals surface area (Å²) in [5, 5.41) is 0.674. The van der Waals surface area contributed by atoms with E-state index in [0.29, 0.717) is 18.4 Å². The van der Waals surface area contributed by atoms with Gasteiger partial charge >= 0.3 is 5.97 Å². The predicted octanol–water partition coefficient (Wildman–Crippen LogP) is 1.34. The molecule has 0 aliphatic heterocycles. The van der Waals surface area contributed by atoms with Gasteiger partial charge in [0.2, 0.25) is 0 Å². The Kier molecular flexibility index (Phi) is 6.30. The lowest BCUT2D eigenvalue weighted by Gasteiger charge is -1.94. The van der Waals surface area contributed by atoms with Crippen LogP contribution in [0.3, 0.4) is 0 Å². The Bertz CT molecular complexity index is 155. The van der Waals surface area contributed by atoms with Crippen molar-refractivity contribution < 1.29 is 9.53 Å². The van der Waals surface area contributed by atoms with Crippen molar-refractivity contribution in [3.8, 4) is 11.8 Å². The van der Waals surface area contributed by atoms with E-state index in [2.05, 4.69) is 32.5 Å².